The number of benzene rings is 1. The van der Waals surface area contributed by atoms with Gasteiger partial charge in [-0.15, -0.1) is 12.4 Å². The lowest BCUT2D eigenvalue weighted by atomic mass is 9.94. The minimum atomic E-state index is -0.135. The van der Waals surface area contributed by atoms with Gasteiger partial charge in [0.15, 0.2) is 5.82 Å². The predicted molar refractivity (Wildman–Crippen MR) is 104 cm³/mol. The van der Waals surface area contributed by atoms with Crippen molar-refractivity contribution in [3.8, 4) is 0 Å². The second kappa shape index (κ2) is 8.21. The van der Waals surface area contributed by atoms with E-state index in [4.69, 9.17) is 4.52 Å². The summed E-state index contributed by atoms with van der Waals surface area (Å²) in [6.07, 6.45) is 4.30. The van der Waals surface area contributed by atoms with Crippen LogP contribution in [-0.4, -0.2) is 52.5 Å². The Labute approximate surface area is 164 Å². The normalized spacial score (nSPS) is 22.2. The van der Waals surface area contributed by atoms with Crippen molar-refractivity contribution in [2.45, 2.75) is 25.4 Å². The van der Waals surface area contributed by atoms with E-state index in [1.54, 1.807) is 11.8 Å². The molecule has 27 heavy (non-hydrogen) atoms. The molecular weight excluding hydrogens is 366 g/mol. The van der Waals surface area contributed by atoms with E-state index in [2.05, 4.69) is 39.5 Å². The molecule has 0 aliphatic carbocycles. The topological polar surface area (TPSA) is 74.5 Å². The van der Waals surface area contributed by atoms with Crippen LogP contribution in [0.25, 0.3) is 6.08 Å². The van der Waals surface area contributed by atoms with E-state index in [-0.39, 0.29) is 30.4 Å². The molecule has 2 aliphatic rings. The maximum absolute atomic E-state index is 12.1. The largest absolute Gasteiger partial charge is 0.339 e. The van der Waals surface area contributed by atoms with Crippen molar-refractivity contribution < 1.29 is 9.32 Å². The van der Waals surface area contributed by atoms with Crippen molar-refractivity contribution in [2.24, 2.45) is 0 Å². The first-order valence-electron chi connectivity index (χ1n) is 8.93. The molecule has 0 spiro atoms. The minimum absolute atomic E-state index is 0. The molecular formula is C19H24ClN5O2. The molecule has 0 bridgehead atoms. The Morgan fingerprint density at radius 1 is 1.37 bits per heavy atom. The zero-order chi connectivity index (χ0) is 18.1. The summed E-state index contributed by atoms with van der Waals surface area (Å²) in [5.41, 5.74) is 2.22. The number of rotatable bonds is 3. The monoisotopic (exact) mass is 389 g/mol. The number of likely N-dealkylation sites (N-methyl/N-ethyl adjacent to an activating group) is 1. The van der Waals surface area contributed by atoms with Gasteiger partial charge in [0.25, 0.3) is 0 Å². The van der Waals surface area contributed by atoms with E-state index in [1.165, 1.54) is 0 Å². The first-order chi connectivity index (χ1) is 12.6. The number of halogens is 1. The Hall–Kier alpha value is -2.22. The highest BCUT2D eigenvalue weighted by Gasteiger charge is 2.30. The quantitative estimate of drug-likeness (QED) is 0.867. The number of amides is 1. The van der Waals surface area contributed by atoms with E-state index in [0.717, 1.165) is 30.8 Å². The van der Waals surface area contributed by atoms with Crippen molar-refractivity contribution in [1.29, 1.82) is 0 Å². The molecule has 3 heterocycles. The second-order valence-electron chi connectivity index (χ2n) is 6.84. The fraction of sp³-hybridized carbons (Fsp3) is 0.421. The zero-order valence-electron chi connectivity index (χ0n) is 15.5. The summed E-state index contributed by atoms with van der Waals surface area (Å²) in [5, 5.41) is 7.56. The SMILES string of the molecule is CC(=O)N1C=Cc2ccccc2C1Cc1nc(C2CNCCN2C)no1.Cl. The number of hydrogen-bond acceptors (Lipinski definition) is 6. The standard InChI is InChI=1S/C19H23N5O2.ClH/c1-13(25)24-9-7-14-5-3-4-6-15(14)16(24)11-18-21-19(22-26-18)17-12-20-8-10-23(17)2;/h3-7,9,16-17,20H,8,10-12H2,1-2H3;1H. The Bertz CT molecular complexity index is 837. The van der Waals surface area contributed by atoms with Gasteiger partial charge in [-0.1, -0.05) is 29.4 Å². The Morgan fingerprint density at radius 2 is 2.19 bits per heavy atom. The molecule has 2 aliphatic heterocycles. The van der Waals surface area contributed by atoms with E-state index in [0.29, 0.717) is 18.1 Å². The highest BCUT2D eigenvalue weighted by molar-refractivity contribution is 5.85. The van der Waals surface area contributed by atoms with Crippen LogP contribution in [0.3, 0.4) is 0 Å². The molecule has 8 heteroatoms. The van der Waals surface area contributed by atoms with Gasteiger partial charge < -0.3 is 14.7 Å². The van der Waals surface area contributed by atoms with E-state index >= 15 is 0 Å². The molecule has 1 aromatic carbocycles. The minimum Gasteiger partial charge on any atom is -0.339 e. The summed E-state index contributed by atoms with van der Waals surface area (Å²) in [6.45, 7) is 4.31. The molecule has 144 valence electrons. The average molecular weight is 390 g/mol. The number of nitrogens with zero attached hydrogens (tertiary/aromatic N) is 4. The predicted octanol–water partition coefficient (Wildman–Crippen LogP) is 2.18. The second-order valence-corrected chi connectivity index (χ2v) is 6.84. The summed E-state index contributed by atoms with van der Waals surface area (Å²) in [4.78, 5) is 20.7. The van der Waals surface area contributed by atoms with Gasteiger partial charge in [-0.3, -0.25) is 9.69 Å². The van der Waals surface area contributed by atoms with Crippen molar-refractivity contribution in [3.05, 3.63) is 53.3 Å². The fourth-order valence-electron chi connectivity index (χ4n) is 3.66. The molecule has 0 radical (unpaired) electrons. The Balaban J connectivity index is 0.00000210. The highest BCUT2D eigenvalue weighted by Crippen LogP contribution is 2.33. The fourth-order valence-corrected chi connectivity index (χ4v) is 3.66. The third kappa shape index (κ3) is 3.90. The molecule has 7 nitrogen and oxygen atoms in total. The zero-order valence-corrected chi connectivity index (χ0v) is 16.3. The van der Waals surface area contributed by atoms with Crippen LogP contribution in [0.5, 0.6) is 0 Å². The molecule has 2 aromatic rings. The maximum Gasteiger partial charge on any atom is 0.229 e. The first kappa shape index (κ1) is 19.5. The summed E-state index contributed by atoms with van der Waals surface area (Å²) in [7, 11) is 2.07. The van der Waals surface area contributed by atoms with Crippen molar-refractivity contribution in [1.82, 2.24) is 25.3 Å². The Morgan fingerprint density at radius 3 is 2.96 bits per heavy atom. The van der Waals surface area contributed by atoms with Crippen LogP contribution in [0.15, 0.2) is 35.0 Å². The smallest absolute Gasteiger partial charge is 0.229 e. The Kier molecular flexibility index (Phi) is 5.94. The van der Waals surface area contributed by atoms with Gasteiger partial charge in [0.05, 0.1) is 18.5 Å². The number of fused-ring (bicyclic) bond motifs is 1. The van der Waals surface area contributed by atoms with Crippen LogP contribution in [0, 0.1) is 0 Å². The van der Waals surface area contributed by atoms with Crippen LogP contribution in [-0.2, 0) is 11.2 Å². The number of hydrogen-bond donors (Lipinski definition) is 1. The maximum atomic E-state index is 12.1. The van der Waals surface area contributed by atoms with E-state index in [1.807, 2.05) is 24.4 Å². The van der Waals surface area contributed by atoms with E-state index < -0.39 is 0 Å². The van der Waals surface area contributed by atoms with Gasteiger partial charge in [0.1, 0.15) is 0 Å². The summed E-state index contributed by atoms with van der Waals surface area (Å²) >= 11 is 0. The van der Waals surface area contributed by atoms with Gasteiger partial charge in [-0.2, -0.15) is 4.98 Å². The lowest BCUT2D eigenvalue weighted by Gasteiger charge is -2.32. The lowest BCUT2D eigenvalue weighted by Crippen LogP contribution is -2.44. The van der Waals surface area contributed by atoms with Gasteiger partial charge in [-0.05, 0) is 24.3 Å². The van der Waals surface area contributed by atoms with Gasteiger partial charge in [0.2, 0.25) is 11.8 Å². The van der Waals surface area contributed by atoms with Crippen LogP contribution in [0.2, 0.25) is 0 Å². The van der Waals surface area contributed by atoms with Gasteiger partial charge >= 0.3 is 0 Å². The summed E-state index contributed by atoms with van der Waals surface area (Å²) in [5.74, 6) is 1.25. The third-order valence-electron chi connectivity index (χ3n) is 5.13. The first-order valence-corrected chi connectivity index (χ1v) is 8.93. The van der Waals surface area contributed by atoms with Gasteiger partial charge in [-0.25, -0.2) is 0 Å². The molecule has 1 fully saturated rings. The molecule has 1 saturated heterocycles. The van der Waals surface area contributed by atoms with E-state index in [9.17, 15) is 4.79 Å². The molecule has 4 rings (SSSR count). The lowest BCUT2D eigenvalue weighted by molar-refractivity contribution is -0.128. The molecule has 2 atom stereocenters. The van der Waals surface area contributed by atoms with Crippen LogP contribution < -0.4 is 5.32 Å². The molecule has 1 N–H and O–H groups in total. The third-order valence-corrected chi connectivity index (χ3v) is 5.13. The van der Waals surface area contributed by atoms with Crippen LogP contribution in [0.1, 0.15) is 41.8 Å². The number of nitrogens with one attached hydrogen (secondary N) is 1. The molecule has 2 unspecified atom stereocenters. The number of aromatic nitrogens is 2. The van der Waals surface area contributed by atoms with Crippen LogP contribution in [0.4, 0.5) is 0 Å². The number of piperazine rings is 1. The summed E-state index contributed by atoms with van der Waals surface area (Å²) < 4.78 is 5.53. The highest BCUT2D eigenvalue weighted by atomic mass is 35.5. The number of carbonyl (C=O) groups excluding carboxylic acids is 1. The van der Waals surface area contributed by atoms with Crippen molar-refractivity contribution in [2.75, 3.05) is 26.7 Å². The van der Waals surface area contributed by atoms with Crippen molar-refractivity contribution >= 4 is 24.4 Å². The van der Waals surface area contributed by atoms with Crippen molar-refractivity contribution in [3.63, 3.8) is 0 Å². The van der Waals surface area contributed by atoms with Gasteiger partial charge in [0, 0.05) is 32.8 Å². The average Bonchev–Trinajstić information content (AvgIpc) is 3.10. The molecule has 1 amide bonds. The number of carbonyl (C=O) groups is 1. The van der Waals surface area contributed by atoms with Crippen LogP contribution >= 0.6 is 12.4 Å². The molecule has 0 saturated carbocycles. The summed E-state index contributed by atoms with van der Waals surface area (Å²) in [6, 6.07) is 8.08. The molecule has 1 aromatic heterocycles.